The molecule has 0 unspecified atom stereocenters. The quantitative estimate of drug-likeness (QED) is 0.648. The van der Waals surface area contributed by atoms with Gasteiger partial charge in [-0.3, -0.25) is 9.59 Å². The summed E-state index contributed by atoms with van der Waals surface area (Å²) in [6, 6.07) is 6.03. The van der Waals surface area contributed by atoms with E-state index in [0.29, 0.717) is 11.3 Å². The molecule has 0 aromatic heterocycles. The molecule has 0 heterocycles. The molecule has 2 amide bonds. The number of primary amides is 1. The predicted octanol–water partition coefficient (Wildman–Crippen LogP) is 0.686. The average molecular weight is 338 g/mol. The van der Waals surface area contributed by atoms with Crippen molar-refractivity contribution < 1.29 is 23.1 Å². The molecule has 5 N–H and O–H groups in total. The number of alkyl halides is 2. The Kier molecular flexibility index (Phi) is 8.36. The number of halogens is 3. The van der Waals surface area contributed by atoms with E-state index in [9.17, 15) is 18.4 Å². The van der Waals surface area contributed by atoms with Crippen LogP contribution in [0.4, 0.5) is 8.78 Å². The van der Waals surface area contributed by atoms with Gasteiger partial charge in [0.05, 0.1) is 26.1 Å². The number of ether oxygens (including phenoxy) is 1. The van der Waals surface area contributed by atoms with E-state index in [1.165, 1.54) is 24.3 Å². The minimum Gasteiger partial charge on any atom is -0.493 e. The van der Waals surface area contributed by atoms with E-state index in [-0.39, 0.29) is 25.4 Å². The number of benzene rings is 1. The van der Waals surface area contributed by atoms with E-state index in [1.54, 1.807) is 0 Å². The van der Waals surface area contributed by atoms with Gasteiger partial charge in [0.25, 0.3) is 5.92 Å². The molecule has 0 radical (unpaired) electrons. The van der Waals surface area contributed by atoms with E-state index >= 15 is 0 Å². The molecule has 0 atom stereocenters. The molecule has 0 spiro atoms. The number of carbonyl (C=O) groups excluding carboxylic acids is 2. The second kappa shape index (κ2) is 9.16. The summed E-state index contributed by atoms with van der Waals surface area (Å²) in [6.45, 7) is -1.60. The van der Waals surface area contributed by atoms with Crippen molar-refractivity contribution in [3.05, 3.63) is 29.8 Å². The van der Waals surface area contributed by atoms with Gasteiger partial charge in [-0.1, -0.05) is 0 Å². The largest absolute Gasteiger partial charge is 0.493 e. The Balaban J connectivity index is 0.00000441. The van der Waals surface area contributed by atoms with Gasteiger partial charge in [-0.05, 0) is 24.3 Å². The fourth-order valence-electron chi connectivity index (χ4n) is 1.37. The molecule has 1 aromatic carbocycles. The normalized spacial score (nSPS) is 10.5. The first kappa shape index (κ1) is 20.1. The van der Waals surface area contributed by atoms with E-state index in [2.05, 4.69) is 5.32 Å². The summed E-state index contributed by atoms with van der Waals surface area (Å²) in [6.07, 6.45) is -0.0712. The predicted molar refractivity (Wildman–Crippen MR) is 79.3 cm³/mol. The zero-order valence-corrected chi connectivity index (χ0v) is 12.5. The van der Waals surface area contributed by atoms with Crippen molar-refractivity contribution in [3.8, 4) is 5.75 Å². The fourth-order valence-corrected chi connectivity index (χ4v) is 1.37. The molecule has 124 valence electrons. The Morgan fingerprint density at radius 1 is 1.23 bits per heavy atom. The Labute approximate surface area is 132 Å². The molecule has 0 saturated heterocycles. The van der Waals surface area contributed by atoms with Crippen LogP contribution < -0.4 is 21.5 Å². The Hall–Kier alpha value is -1.93. The first-order valence-electron chi connectivity index (χ1n) is 6.21. The van der Waals surface area contributed by atoms with Crippen LogP contribution >= 0.6 is 12.4 Å². The van der Waals surface area contributed by atoms with Crippen LogP contribution in [0.2, 0.25) is 0 Å². The van der Waals surface area contributed by atoms with Crippen molar-refractivity contribution in [1.82, 2.24) is 5.32 Å². The smallest absolute Gasteiger partial charge is 0.277 e. The molecule has 0 aliphatic carbocycles. The third-order valence-electron chi connectivity index (χ3n) is 2.58. The monoisotopic (exact) mass is 337 g/mol. The van der Waals surface area contributed by atoms with Gasteiger partial charge in [-0.25, -0.2) is 8.78 Å². The first-order valence-corrected chi connectivity index (χ1v) is 6.21. The Morgan fingerprint density at radius 2 is 1.82 bits per heavy atom. The summed E-state index contributed by atoms with van der Waals surface area (Å²) in [5, 5.41) is 2.07. The van der Waals surface area contributed by atoms with Crippen LogP contribution in [0.1, 0.15) is 16.8 Å². The maximum atomic E-state index is 12.8. The zero-order valence-electron chi connectivity index (χ0n) is 11.7. The fraction of sp³-hybridized carbons (Fsp3) is 0.385. The number of hydrogen-bond donors (Lipinski definition) is 3. The molecule has 9 heteroatoms. The lowest BCUT2D eigenvalue weighted by molar-refractivity contribution is -0.123. The molecule has 1 aromatic rings. The van der Waals surface area contributed by atoms with Gasteiger partial charge in [-0.2, -0.15) is 0 Å². The standard InChI is InChI=1S/C13H17F2N3O3.ClH/c14-13(15,7-16)8-18-11(19)5-6-21-10-3-1-9(2-4-10)12(17)20;/h1-4H,5-8,16H2,(H2,17,20)(H,18,19);1H. The van der Waals surface area contributed by atoms with E-state index in [4.69, 9.17) is 16.2 Å². The van der Waals surface area contributed by atoms with Crippen molar-refractivity contribution in [1.29, 1.82) is 0 Å². The summed E-state index contributed by atoms with van der Waals surface area (Å²) in [7, 11) is 0. The number of nitrogens with two attached hydrogens (primary N) is 2. The molecule has 0 aliphatic heterocycles. The molecular weight excluding hydrogens is 320 g/mol. The minimum atomic E-state index is -3.11. The van der Waals surface area contributed by atoms with Crippen molar-refractivity contribution in [3.63, 3.8) is 0 Å². The molecule has 6 nitrogen and oxygen atoms in total. The summed E-state index contributed by atoms with van der Waals surface area (Å²) in [5.41, 5.74) is 10.3. The molecule has 0 fully saturated rings. The number of hydrogen-bond acceptors (Lipinski definition) is 4. The highest BCUT2D eigenvalue weighted by molar-refractivity contribution is 5.92. The number of nitrogens with one attached hydrogen (secondary N) is 1. The van der Waals surface area contributed by atoms with Crippen LogP contribution in [0.15, 0.2) is 24.3 Å². The SMILES string of the molecule is Cl.NCC(F)(F)CNC(=O)CCOc1ccc(C(N)=O)cc1. The maximum Gasteiger partial charge on any atom is 0.277 e. The maximum absolute atomic E-state index is 12.8. The average Bonchev–Trinajstić information content (AvgIpc) is 2.46. The van der Waals surface area contributed by atoms with E-state index in [1.807, 2.05) is 0 Å². The number of rotatable bonds is 8. The van der Waals surface area contributed by atoms with Gasteiger partial charge in [0.1, 0.15) is 5.75 Å². The summed E-state index contributed by atoms with van der Waals surface area (Å²) >= 11 is 0. The molecule has 0 saturated carbocycles. The highest BCUT2D eigenvalue weighted by Gasteiger charge is 2.26. The first-order chi connectivity index (χ1) is 9.84. The highest BCUT2D eigenvalue weighted by atomic mass is 35.5. The lowest BCUT2D eigenvalue weighted by Gasteiger charge is -2.14. The molecule has 0 bridgehead atoms. The third-order valence-corrected chi connectivity index (χ3v) is 2.58. The van der Waals surface area contributed by atoms with Gasteiger partial charge in [0.15, 0.2) is 0 Å². The molecule has 22 heavy (non-hydrogen) atoms. The van der Waals surface area contributed by atoms with Crippen LogP contribution in [-0.2, 0) is 4.79 Å². The van der Waals surface area contributed by atoms with E-state index < -0.39 is 30.8 Å². The van der Waals surface area contributed by atoms with Crippen LogP contribution in [0.25, 0.3) is 0 Å². The lowest BCUT2D eigenvalue weighted by atomic mass is 10.2. The van der Waals surface area contributed by atoms with Crippen molar-refractivity contribution in [2.24, 2.45) is 11.5 Å². The molecular formula is C13H18ClF2N3O3. The minimum absolute atomic E-state index is 0. The van der Waals surface area contributed by atoms with Gasteiger partial charge < -0.3 is 21.5 Å². The highest BCUT2D eigenvalue weighted by Crippen LogP contribution is 2.12. The zero-order chi connectivity index (χ0) is 15.9. The second-order valence-corrected chi connectivity index (χ2v) is 4.32. The van der Waals surface area contributed by atoms with Crippen molar-refractivity contribution in [2.45, 2.75) is 12.3 Å². The number of carbonyl (C=O) groups is 2. The summed E-state index contributed by atoms with van der Waals surface area (Å²) < 4.78 is 30.8. The summed E-state index contributed by atoms with van der Waals surface area (Å²) in [4.78, 5) is 22.2. The van der Waals surface area contributed by atoms with Crippen LogP contribution in [0.5, 0.6) is 5.75 Å². The molecule has 0 aliphatic rings. The lowest BCUT2D eigenvalue weighted by Crippen LogP contribution is -2.41. The third kappa shape index (κ3) is 7.19. The van der Waals surface area contributed by atoms with Crippen molar-refractivity contribution in [2.75, 3.05) is 19.7 Å². The van der Waals surface area contributed by atoms with E-state index in [0.717, 1.165) is 0 Å². The van der Waals surface area contributed by atoms with Crippen LogP contribution in [0.3, 0.4) is 0 Å². The topological polar surface area (TPSA) is 107 Å². The second-order valence-electron chi connectivity index (χ2n) is 4.32. The Bertz CT molecular complexity index is 498. The van der Waals surface area contributed by atoms with Gasteiger partial charge in [-0.15, -0.1) is 12.4 Å². The van der Waals surface area contributed by atoms with Gasteiger partial charge in [0.2, 0.25) is 11.8 Å². The Morgan fingerprint density at radius 3 is 2.32 bits per heavy atom. The van der Waals surface area contributed by atoms with Crippen LogP contribution in [-0.4, -0.2) is 37.4 Å². The number of amides is 2. The van der Waals surface area contributed by atoms with Crippen molar-refractivity contribution >= 4 is 24.2 Å². The van der Waals surface area contributed by atoms with Gasteiger partial charge >= 0.3 is 0 Å². The van der Waals surface area contributed by atoms with Gasteiger partial charge in [0, 0.05) is 5.56 Å². The van der Waals surface area contributed by atoms with Crippen LogP contribution in [0, 0.1) is 0 Å². The molecule has 1 rings (SSSR count). The summed E-state index contributed by atoms with van der Waals surface area (Å²) in [5.74, 6) is -3.78.